The fourth-order valence-corrected chi connectivity index (χ4v) is 4.70. The average molecular weight is 412 g/mol. The van der Waals surface area contributed by atoms with E-state index in [0.29, 0.717) is 16.1 Å². The van der Waals surface area contributed by atoms with Crippen molar-refractivity contribution >= 4 is 56.9 Å². The summed E-state index contributed by atoms with van der Waals surface area (Å²) < 4.78 is 4.83. The topological polar surface area (TPSA) is 79.5 Å². The SMILES string of the molecule is CCc1c(C(=O)NNC(=S)Nc2sc(C)c(C)c2C(=O)OC)csc1C. The molecule has 2 rings (SSSR count). The Balaban J connectivity index is 2.05. The van der Waals surface area contributed by atoms with Crippen LogP contribution in [0.3, 0.4) is 0 Å². The monoisotopic (exact) mass is 411 g/mol. The number of anilines is 1. The zero-order chi connectivity index (χ0) is 19.4. The number of rotatable bonds is 4. The number of esters is 1. The summed E-state index contributed by atoms with van der Waals surface area (Å²) in [5, 5.41) is 5.56. The Morgan fingerprint density at radius 3 is 2.50 bits per heavy atom. The van der Waals surface area contributed by atoms with Crippen LogP contribution < -0.4 is 16.2 Å². The first kappa shape index (κ1) is 20.3. The Bertz CT molecular complexity index is 855. The number of aryl methyl sites for hydroxylation is 2. The highest BCUT2D eigenvalue weighted by molar-refractivity contribution is 7.80. The van der Waals surface area contributed by atoms with Gasteiger partial charge in [0.25, 0.3) is 5.91 Å². The van der Waals surface area contributed by atoms with Gasteiger partial charge < -0.3 is 10.1 Å². The number of hydrogen-bond acceptors (Lipinski definition) is 6. The lowest BCUT2D eigenvalue weighted by Crippen LogP contribution is -2.44. The fourth-order valence-electron chi connectivity index (χ4n) is 2.49. The van der Waals surface area contributed by atoms with Gasteiger partial charge in [-0.05, 0) is 50.5 Å². The third kappa shape index (κ3) is 4.22. The Kier molecular flexibility index (Phi) is 6.74. The molecule has 1 amide bonds. The summed E-state index contributed by atoms with van der Waals surface area (Å²) in [4.78, 5) is 26.5. The first-order valence-electron chi connectivity index (χ1n) is 7.92. The number of carbonyl (C=O) groups is 2. The lowest BCUT2D eigenvalue weighted by molar-refractivity contribution is 0.0601. The van der Waals surface area contributed by atoms with Crippen molar-refractivity contribution in [3.05, 3.63) is 37.4 Å². The van der Waals surface area contributed by atoms with Crippen LogP contribution in [0.5, 0.6) is 0 Å². The third-order valence-corrected chi connectivity index (χ3v) is 6.27. The summed E-state index contributed by atoms with van der Waals surface area (Å²) in [6, 6.07) is 0. The molecule has 6 nitrogen and oxygen atoms in total. The zero-order valence-electron chi connectivity index (χ0n) is 15.2. The molecule has 2 aromatic heterocycles. The van der Waals surface area contributed by atoms with Crippen molar-refractivity contribution in [3.63, 3.8) is 0 Å². The minimum Gasteiger partial charge on any atom is -0.465 e. The first-order chi connectivity index (χ1) is 12.3. The van der Waals surface area contributed by atoms with Gasteiger partial charge in [0.1, 0.15) is 5.00 Å². The number of hydrazine groups is 1. The van der Waals surface area contributed by atoms with E-state index in [9.17, 15) is 9.59 Å². The molecule has 0 atom stereocenters. The Hall–Kier alpha value is -1.97. The molecule has 9 heteroatoms. The minimum atomic E-state index is -0.428. The third-order valence-electron chi connectivity index (χ3n) is 3.99. The zero-order valence-corrected chi connectivity index (χ0v) is 17.7. The molecule has 0 saturated heterocycles. The van der Waals surface area contributed by atoms with E-state index >= 15 is 0 Å². The van der Waals surface area contributed by atoms with Crippen molar-refractivity contribution in [3.8, 4) is 0 Å². The highest BCUT2D eigenvalue weighted by Gasteiger charge is 2.21. The smallest absolute Gasteiger partial charge is 0.341 e. The van der Waals surface area contributed by atoms with Gasteiger partial charge in [0.05, 0.1) is 18.2 Å². The molecule has 0 aromatic carbocycles. The minimum absolute atomic E-state index is 0.190. The molecule has 0 aliphatic heterocycles. The van der Waals surface area contributed by atoms with Crippen LogP contribution in [0, 0.1) is 20.8 Å². The van der Waals surface area contributed by atoms with Crippen LogP contribution in [0.4, 0.5) is 5.00 Å². The molecule has 3 N–H and O–H groups in total. The molecule has 140 valence electrons. The maximum Gasteiger partial charge on any atom is 0.341 e. The summed E-state index contributed by atoms with van der Waals surface area (Å²) >= 11 is 8.17. The van der Waals surface area contributed by atoms with Crippen LogP contribution in [0.2, 0.25) is 0 Å². The van der Waals surface area contributed by atoms with Crippen molar-refractivity contribution in [1.29, 1.82) is 0 Å². The maximum atomic E-state index is 12.3. The molecule has 0 radical (unpaired) electrons. The van der Waals surface area contributed by atoms with Gasteiger partial charge in [-0.25, -0.2) is 4.79 Å². The van der Waals surface area contributed by atoms with E-state index in [1.165, 1.54) is 18.4 Å². The summed E-state index contributed by atoms with van der Waals surface area (Å²) in [7, 11) is 1.34. The number of thiophene rings is 2. The normalized spacial score (nSPS) is 10.3. The van der Waals surface area contributed by atoms with Crippen LogP contribution in [0.15, 0.2) is 5.38 Å². The second kappa shape index (κ2) is 8.61. The average Bonchev–Trinajstić information content (AvgIpc) is 3.11. The summed E-state index contributed by atoms with van der Waals surface area (Å²) in [5.74, 6) is -0.676. The van der Waals surface area contributed by atoms with Crippen molar-refractivity contribution in [2.24, 2.45) is 0 Å². The second-order valence-electron chi connectivity index (χ2n) is 5.55. The van der Waals surface area contributed by atoms with Gasteiger partial charge in [-0.1, -0.05) is 6.92 Å². The van der Waals surface area contributed by atoms with Gasteiger partial charge in [0, 0.05) is 15.1 Å². The second-order valence-corrected chi connectivity index (χ2v) is 8.27. The number of carbonyl (C=O) groups excluding carboxylic acids is 2. The number of nitrogens with one attached hydrogen (secondary N) is 3. The van der Waals surface area contributed by atoms with Crippen molar-refractivity contribution in [2.75, 3.05) is 12.4 Å². The Labute approximate surface area is 165 Å². The highest BCUT2D eigenvalue weighted by atomic mass is 32.1. The van der Waals surface area contributed by atoms with E-state index in [1.54, 1.807) is 11.3 Å². The number of thiocarbonyl (C=S) groups is 1. The highest BCUT2D eigenvalue weighted by Crippen LogP contribution is 2.32. The molecule has 0 bridgehead atoms. The van der Waals surface area contributed by atoms with Gasteiger partial charge in [0.15, 0.2) is 5.11 Å². The molecule has 0 spiro atoms. The van der Waals surface area contributed by atoms with E-state index < -0.39 is 5.97 Å². The molecular formula is C17H21N3O3S3. The molecule has 0 fully saturated rings. The van der Waals surface area contributed by atoms with Gasteiger partial charge >= 0.3 is 5.97 Å². The summed E-state index contributed by atoms with van der Waals surface area (Å²) in [6.07, 6.45) is 0.789. The van der Waals surface area contributed by atoms with Gasteiger partial charge in [-0.3, -0.25) is 15.6 Å². The van der Waals surface area contributed by atoms with Gasteiger partial charge in [-0.2, -0.15) is 0 Å². The van der Waals surface area contributed by atoms with Crippen molar-refractivity contribution in [1.82, 2.24) is 10.9 Å². The number of amides is 1. The molecule has 0 aliphatic carbocycles. The predicted molar refractivity (Wildman–Crippen MR) is 110 cm³/mol. The van der Waals surface area contributed by atoms with Crippen molar-refractivity contribution < 1.29 is 14.3 Å². The molecule has 0 aliphatic rings. The molecule has 0 unspecified atom stereocenters. The van der Waals surface area contributed by atoms with E-state index in [-0.39, 0.29) is 11.0 Å². The van der Waals surface area contributed by atoms with E-state index in [1.807, 2.05) is 33.1 Å². The lowest BCUT2D eigenvalue weighted by Gasteiger charge is -2.12. The molecular weight excluding hydrogens is 390 g/mol. The van der Waals surface area contributed by atoms with Crippen LogP contribution in [-0.2, 0) is 11.2 Å². The summed E-state index contributed by atoms with van der Waals surface area (Å²) in [6.45, 7) is 7.78. The van der Waals surface area contributed by atoms with Crippen LogP contribution >= 0.6 is 34.9 Å². The number of hydrogen-bond donors (Lipinski definition) is 3. The molecule has 2 heterocycles. The number of methoxy groups -OCH3 is 1. The molecule has 26 heavy (non-hydrogen) atoms. The van der Waals surface area contributed by atoms with E-state index in [4.69, 9.17) is 17.0 Å². The maximum absolute atomic E-state index is 12.3. The standard InChI is InChI=1S/C17H21N3O3S3/c1-6-11-10(4)25-7-12(11)14(21)19-20-17(24)18-15-13(16(22)23-5)8(2)9(3)26-15/h7H,6H2,1-5H3,(H,19,21)(H2,18,20,24). The fraction of sp³-hybridized carbons (Fsp3) is 0.353. The lowest BCUT2D eigenvalue weighted by atomic mass is 10.1. The Morgan fingerprint density at radius 2 is 1.88 bits per heavy atom. The predicted octanol–water partition coefficient (Wildman–Crippen LogP) is 3.72. The first-order valence-corrected chi connectivity index (χ1v) is 10.0. The van der Waals surface area contributed by atoms with Crippen molar-refractivity contribution in [2.45, 2.75) is 34.1 Å². The van der Waals surface area contributed by atoms with E-state index in [0.717, 1.165) is 27.3 Å². The largest absolute Gasteiger partial charge is 0.465 e. The Morgan fingerprint density at radius 1 is 1.19 bits per heavy atom. The van der Waals surface area contributed by atoms with Crippen LogP contribution in [-0.4, -0.2) is 24.1 Å². The molecule has 0 saturated carbocycles. The van der Waals surface area contributed by atoms with E-state index in [2.05, 4.69) is 16.2 Å². The van der Waals surface area contributed by atoms with Gasteiger partial charge in [-0.15, -0.1) is 22.7 Å². The van der Waals surface area contributed by atoms with Crippen LogP contribution in [0.25, 0.3) is 0 Å². The quantitative estimate of drug-likeness (QED) is 0.404. The summed E-state index contributed by atoms with van der Waals surface area (Å²) in [5.41, 5.74) is 8.25. The van der Waals surface area contributed by atoms with Gasteiger partial charge in [0.2, 0.25) is 0 Å². The number of ether oxygens (including phenoxy) is 1. The molecule has 2 aromatic rings. The van der Waals surface area contributed by atoms with Crippen LogP contribution in [0.1, 0.15) is 48.5 Å².